The molecule has 1 heterocycles. The van der Waals surface area contributed by atoms with Crippen LogP contribution in [0.5, 0.6) is 0 Å². The molecule has 1 aromatic carbocycles. The molecular weight excluding hydrogens is 397 g/mol. The van der Waals surface area contributed by atoms with Crippen LogP contribution in [0.15, 0.2) is 18.2 Å². The van der Waals surface area contributed by atoms with Gasteiger partial charge in [0.1, 0.15) is 0 Å². The molecule has 2 rings (SSSR count). The van der Waals surface area contributed by atoms with Crippen LogP contribution >= 0.6 is 24.0 Å². The van der Waals surface area contributed by atoms with Crippen molar-refractivity contribution in [3.8, 4) is 0 Å². The number of hydrogen-bond acceptors (Lipinski definition) is 3. The topological polar surface area (TPSA) is 70.2 Å². The molecule has 0 saturated carbocycles. The Hall–Kier alpha value is -1.30. The van der Waals surface area contributed by atoms with Crippen LogP contribution in [-0.2, 0) is 4.79 Å². The zero-order valence-corrected chi connectivity index (χ0v) is 18.8. The van der Waals surface area contributed by atoms with Crippen molar-refractivity contribution in [2.45, 2.75) is 58.9 Å². The average Bonchev–Trinajstić information content (AvgIpc) is 2.62. The van der Waals surface area contributed by atoms with Crippen LogP contribution in [0.3, 0.4) is 0 Å². The van der Waals surface area contributed by atoms with Gasteiger partial charge < -0.3 is 16.0 Å². The lowest BCUT2D eigenvalue weighted by Gasteiger charge is -2.28. The molecule has 0 aromatic heterocycles. The second-order valence-electron chi connectivity index (χ2n) is 8.22. The van der Waals surface area contributed by atoms with Gasteiger partial charge in [0.15, 0.2) is 0 Å². The summed E-state index contributed by atoms with van der Waals surface area (Å²) < 4.78 is 0. The Kier molecular flexibility index (Phi) is 9.75. The van der Waals surface area contributed by atoms with Gasteiger partial charge in [-0.2, -0.15) is 0 Å². The Bertz CT molecular complexity index is 674. The van der Waals surface area contributed by atoms with Gasteiger partial charge in [-0.15, -0.1) is 12.4 Å². The molecule has 1 aliphatic rings. The number of amides is 2. The summed E-state index contributed by atoms with van der Waals surface area (Å²) in [6.07, 6.45) is 3.64. The van der Waals surface area contributed by atoms with Crippen molar-refractivity contribution in [3.05, 3.63) is 28.8 Å². The number of carbonyl (C=O) groups excluding carboxylic acids is 2. The Morgan fingerprint density at radius 1 is 1.36 bits per heavy atom. The van der Waals surface area contributed by atoms with Crippen molar-refractivity contribution >= 4 is 41.5 Å². The van der Waals surface area contributed by atoms with E-state index in [0.29, 0.717) is 34.5 Å². The highest BCUT2D eigenvalue weighted by Gasteiger charge is 2.23. The number of carbonyl (C=O) groups is 2. The summed E-state index contributed by atoms with van der Waals surface area (Å²) in [7, 11) is 0. The molecule has 0 aliphatic carbocycles. The smallest absolute Gasteiger partial charge is 0.253 e. The minimum absolute atomic E-state index is 0. The highest BCUT2D eigenvalue weighted by molar-refractivity contribution is 6.34. The van der Waals surface area contributed by atoms with Crippen molar-refractivity contribution in [1.29, 1.82) is 0 Å². The third-order valence-corrected chi connectivity index (χ3v) is 5.79. The van der Waals surface area contributed by atoms with Gasteiger partial charge in [0.05, 0.1) is 10.6 Å². The molecule has 1 aromatic rings. The normalized spacial score (nSPS) is 18.0. The molecule has 1 fully saturated rings. The van der Waals surface area contributed by atoms with E-state index in [2.05, 4.69) is 22.9 Å². The largest absolute Gasteiger partial charge is 0.347 e. The molecule has 5 nitrogen and oxygen atoms in total. The van der Waals surface area contributed by atoms with Gasteiger partial charge in [0, 0.05) is 17.6 Å². The number of anilines is 1. The molecule has 0 bridgehead atoms. The summed E-state index contributed by atoms with van der Waals surface area (Å²) in [6.45, 7) is 10.1. The van der Waals surface area contributed by atoms with E-state index in [9.17, 15) is 9.59 Å². The maximum Gasteiger partial charge on any atom is 0.253 e. The number of halogens is 2. The van der Waals surface area contributed by atoms with Crippen LogP contribution in [0, 0.1) is 11.8 Å². The van der Waals surface area contributed by atoms with Gasteiger partial charge >= 0.3 is 0 Å². The molecule has 2 amide bonds. The summed E-state index contributed by atoms with van der Waals surface area (Å²) in [5, 5.41) is 9.60. The molecule has 1 aliphatic heterocycles. The van der Waals surface area contributed by atoms with E-state index in [0.717, 1.165) is 19.5 Å². The van der Waals surface area contributed by atoms with Gasteiger partial charge in [0.2, 0.25) is 5.91 Å². The second-order valence-corrected chi connectivity index (χ2v) is 8.63. The first kappa shape index (κ1) is 24.7. The van der Waals surface area contributed by atoms with E-state index in [1.54, 1.807) is 18.2 Å². The summed E-state index contributed by atoms with van der Waals surface area (Å²) in [6, 6.07) is 5.03. The fourth-order valence-electron chi connectivity index (χ4n) is 3.28. The first-order chi connectivity index (χ1) is 12.7. The molecule has 0 radical (unpaired) electrons. The van der Waals surface area contributed by atoms with Gasteiger partial charge in [-0.1, -0.05) is 25.4 Å². The number of benzene rings is 1. The maximum atomic E-state index is 12.4. The zero-order valence-electron chi connectivity index (χ0n) is 17.2. The molecule has 2 unspecified atom stereocenters. The quantitative estimate of drug-likeness (QED) is 0.590. The zero-order chi connectivity index (χ0) is 20.0. The average molecular weight is 430 g/mol. The lowest BCUT2D eigenvalue weighted by molar-refractivity contribution is -0.117. The predicted molar refractivity (Wildman–Crippen MR) is 119 cm³/mol. The van der Waals surface area contributed by atoms with Crippen LogP contribution in [0.2, 0.25) is 5.02 Å². The first-order valence-electron chi connectivity index (χ1n) is 9.84. The van der Waals surface area contributed by atoms with Crippen molar-refractivity contribution in [3.63, 3.8) is 0 Å². The number of piperidine rings is 1. The lowest BCUT2D eigenvalue weighted by Crippen LogP contribution is -2.42. The fourth-order valence-corrected chi connectivity index (χ4v) is 3.54. The van der Waals surface area contributed by atoms with E-state index < -0.39 is 0 Å². The summed E-state index contributed by atoms with van der Waals surface area (Å²) >= 11 is 6.29. The van der Waals surface area contributed by atoms with Crippen LogP contribution in [0.1, 0.15) is 63.7 Å². The molecule has 7 heteroatoms. The summed E-state index contributed by atoms with van der Waals surface area (Å²) in [5.74, 6) is 0.646. The molecule has 0 spiro atoms. The molecule has 2 atom stereocenters. The van der Waals surface area contributed by atoms with Crippen LogP contribution in [0.4, 0.5) is 5.69 Å². The third kappa shape index (κ3) is 7.26. The second kappa shape index (κ2) is 11.0. The fraction of sp³-hybridized carbons (Fsp3) is 0.619. The Labute approximate surface area is 179 Å². The van der Waals surface area contributed by atoms with E-state index in [1.165, 1.54) is 12.8 Å². The van der Waals surface area contributed by atoms with Gasteiger partial charge in [0.25, 0.3) is 5.91 Å². The standard InChI is InChI=1S/C21H32ClN3O2.ClH/c1-5-21(3,4)25-20(27)17-9-8-16(12-18(17)22)24-19(26)11-14(2)15-7-6-10-23-13-15;/h8-9,12,14-15,23H,5-7,10-11,13H2,1-4H3,(H,24,26)(H,25,27);1H. The number of hydrogen-bond donors (Lipinski definition) is 3. The van der Waals surface area contributed by atoms with Crippen molar-refractivity contribution in [1.82, 2.24) is 10.6 Å². The van der Waals surface area contributed by atoms with Crippen molar-refractivity contribution in [2.75, 3.05) is 18.4 Å². The van der Waals surface area contributed by atoms with Gasteiger partial charge in [-0.3, -0.25) is 9.59 Å². The molecular formula is C21H33Cl2N3O2. The van der Waals surface area contributed by atoms with Crippen LogP contribution < -0.4 is 16.0 Å². The monoisotopic (exact) mass is 429 g/mol. The summed E-state index contributed by atoms with van der Waals surface area (Å²) in [5.41, 5.74) is 0.736. The molecule has 28 heavy (non-hydrogen) atoms. The van der Waals surface area contributed by atoms with Crippen LogP contribution in [-0.4, -0.2) is 30.4 Å². The molecule has 158 valence electrons. The maximum absolute atomic E-state index is 12.4. The predicted octanol–water partition coefficient (Wildman–Crippen LogP) is 4.64. The number of nitrogens with one attached hydrogen (secondary N) is 3. The van der Waals surface area contributed by atoms with E-state index in [1.807, 2.05) is 20.8 Å². The highest BCUT2D eigenvalue weighted by atomic mass is 35.5. The van der Waals surface area contributed by atoms with E-state index in [4.69, 9.17) is 11.6 Å². The number of rotatable bonds is 7. The highest BCUT2D eigenvalue weighted by Crippen LogP contribution is 2.25. The van der Waals surface area contributed by atoms with E-state index in [-0.39, 0.29) is 29.8 Å². The SMILES string of the molecule is CCC(C)(C)NC(=O)c1ccc(NC(=O)CC(C)C2CCCNC2)cc1Cl.Cl. The van der Waals surface area contributed by atoms with Crippen molar-refractivity contribution in [2.24, 2.45) is 11.8 Å². The molecule has 3 N–H and O–H groups in total. The third-order valence-electron chi connectivity index (χ3n) is 5.48. The molecule has 1 saturated heterocycles. The van der Waals surface area contributed by atoms with Gasteiger partial charge in [-0.25, -0.2) is 0 Å². The summed E-state index contributed by atoms with van der Waals surface area (Å²) in [4.78, 5) is 24.8. The lowest BCUT2D eigenvalue weighted by atomic mass is 9.85. The van der Waals surface area contributed by atoms with Crippen molar-refractivity contribution < 1.29 is 9.59 Å². The Balaban J connectivity index is 0.00000392. The van der Waals surface area contributed by atoms with Crippen LogP contribution in [0.25, 0.3) is 0 Å². The Morgan fingerprint density at radius 2 is 2.07 bits per heavy atom. The van der Waals surface area contributed by atoms with E-state index >= 15 is 0 Å². The minimum Gasteiger partial charge on any atom is -0.347 e. The minimum atomic E-state index is -0.294. The Morgan fingerprint density at radius 3 is 2.64 bits per heavy atom. The van der Waals surface area contributed by atoms with Gasteiger partial charge in [-0.05, 0) is 76.2 Å². The first-order valence-corrected chi connectivity index (χ1v) is 10.2.